The molecule has 2 N–H and O–H groups in total. The minimum Gasteiger partial charge on any atom is -0.388 e. The van der Waals surface area contributed by atoms with Crippen LogP contribution in [-0.2, 0) is 4.79 Å². The van der Waals surface area contributed by atoms with Gasteiger partial charge in [-0.1, -0.05) is 29.8 Å². The van der Waals surface area contributed by atoms with Crippen molar-refractivity contribution in [3.63, 3.8) is 0 Å². The first-order valence-electron chi connectivity index (χ1n) is 6.36. The fourth-order valence-electron chi connectivity index (χ4n) is 1.52. The fourth-order valence-corrected chi connectivity index (χ4v) is 2.37. The lowest BCUT2D eigenvalue weighted by Gasteiger charge is -2.22. The Hall–Kier alpha value is -0.970. The Morgan fingerprint density at radius 3 is 2.85 bits per heavy atom. The van der Waals surface area contributed by atoms with E-state index >= 15 is 0 Å². The van der Waals surface area contributed by atoms with Crippen LogP contribution in [0.1, 0.15) is 18.9 Å². The van der Waals surface area contributed by atoms with Gasteiger partial charge in [0.1, 0.15) is 0 Å². The Morgan fingerprint density at radius 2 is 2.20 bits per heavy atom. The smallest absolute Gasteiger partial charge is 0.244 e. The highest BCUT2D eigenvalue weighted by Gasteiger charge is 2.19. The average molecular weight is 314 g/mol. The first-order chi connectivity index (χ1) is 9.44. The largest absolute Gasteiger partial charge is 0.388 e. The second kappa shape index (κ2) is 8.35. The van der Waals surface area contributed by atoms with E-state index in [1.807, 2.05) is 24.5 Å². The van der Waals surface area contributed by atoms with Gasteiger partial charge < -0.3 is 10.4 Å². The molecule has 20 heavy (non-hydrogen) atoms. The summed E-state index contributed by atoms with van der Waals surface area (Å²) in [6, 6.07) is 7.30. The first kappa shape index (κ1) is 17.1. The van der Waals surface area contributed by atoms with Crippen molar-refractivity contribution in [3.05, 3.63) is 40.9 Å². The number of carbonyl (C=O) groups excluding carboxylic acids is 1. The number of nitrogens with one attached hydrogen (secondary N) is 1. The predicted molar refractivity (Wildman–Crippen MR) is 87.1 cm³/mol. The van der Waals surface area contributed by atoms with E-state index in [0.29, 0.717) is 11.4 Å². The number of amides is 1. The molecule has 0 aliphatic rings. The second-order valence-corrected chi connectivity index (χ2v) is 6.21. The van der Waals surface area contributed by atoms with Crippen molar-refractivity contribution >= 4 is 35.3 Å². The molecule has 0 aliphatic carbocycles. The number of thioether (sulfide) groups is 1. The molecule has 110 valence electrons. The fraction of sp³-hybridized carbons (Fsp3) is 0.400. The molecule has 0 saturated heterocycles. The zero-order chi connectivity index (χ0) is 15.0. The van der Waals surface area contributed by atoms with Gasteiger partial charge in [-0.2, -0.15) is 11.8 Å². The lowest BCUT2D eigenvalue weighted by Crippen LogP contribution is -2.40. The number of halogens is 1. The SMILES string of the molecule is CSCCC(C)(O)CNC(=O)/C=C/c1ccccc1Cl. The lowest BCUT2D eigenvalue weighted by atomic mass is 10.0. The Balaban J connectivity index is 2.46. The Kier molecular flexibility index (Phi) is 7.13. The molecule has 0 bridgehead atoms. The standard InChI is InChI=1S/C15H20ClNO2S/c1-15(19,9-10-20-2)11-17-14(18)8-7-12-5-3-4-6-13(12)16/h3-8,19H,9-11H2,1-2H3,(H,17,18)/b8-7+. The van der Waals surface area contributed by atoms with E-state index in [4.69, 9.17) is 11.6 Å². The van der Waals surface area contributed by atoms with Gasteiger partial charge in [0.25, 0.3) is 0 Å². The first-order valence-corrected chi connectivity index (χ1v) is 8.13. The minimum absolute atomic E-state index is 0.235. The summed E-state index contributed by atoms with van der Waals surface area (Å²) in [5, 5.41) is 13.3. The summed E-state index contributed by atoms with van der Waals surface area (Å²) in [6.07, 6.45) is 5.71. The molecule has 0 heterocycles. The Morgan fingerprint density at radius 1 is 1.50 bits per heavy atom. The molecule has 0 saturated carbocycles. The third-order valence-corrected chi connectivity index (χ3v) is 3.76. The summed E-state index contributed by atoms with van der Waals surface area (Å²) in [5.74, 6) is 0.618. The maximum absolute atomic E-state index is 11.7. The van der Waals surface area contributed by atoms with E-state index in [-0.39, 0.29) is 12.5 Å². The summed E-state index contributed by atoms with van der Waals surface area (Å²) in [6.45, 7) is 1.96. The van der Waals surface area contributed by atoms with Crippen molar-refractivity contribution in [2.75, 3.05) is 18.6 Å². The van der Waals surface area contributed by atoms with E-state index in [1.54, 1.807) is 30.8 Å². The summed E-state index contributed by atoms with van der Waals surface area (Å²) < 4.78 is 0. The normalized spacial score (nSPS) is 14.2. The second-order valence-electron chi connectivity index (χ2n) is 4.81. The molecule has 1 atom stereocenters. The Bertz CT molecular complexity index is 475. The zero-order valence-corrected chi connectivity index (χ0v) is 13.3. The minimum atomic E-state index is -0.878. The number of carbonyl (C=O) groups is 1. The predicted octanol–water partition coefficient (Wildman–Crippen LogP) is 2.97. The maximum atomic E-state index is 11.7. The number of aliphatic hydroxyl groups is 1. The van der Waals surface area contributed by atoms with Gasteiger partial charge in [-0.05, 0) is 43.1 Å². The molecule has 0 fully saturated rings. The molecule has 1 amide bonds. The van der Waals surface area contributed by atoms with Crippen molar-refractivity contribution in [2.24, 2.45) is 0 Å². The lowest BCUT2D eigenvalue weighted by molar-refractivity contribution is -0.117. The summed E-state index contributed by atoms with van der Waals surface area (Å²) in [4.78, 5) is 11.7. The van der Waals surface area contributed by atoms with E-state index in [1.165, 1.54) is 6.08 Å². The van der Waals surface area contributed by atoms with E-state index in [2.05, 4.69) is 5.32 Å². The molecular formula is C15H20ClNO2S. The highest BCUT2D eigenvalue weighted by Crippen LogP contribution is 2.16. The van der Waals surface area contributed by atoms with Crippen LogP contribution in [0, 0.1) is 0 Å². The zero-order valence-electron chi connectivity index (χ0n) is 11.7. The Labute approximate surface area is 129 Å². The number of hydrogen-bond acceptors (Lipinski definition) is 3. The van der Waals surface area contributed by atoms with Gasteiger partial charge in [0.2, 0.25) is 5.91 Å². The molecular weight excluding hydrogens is 294 g/mol. The highest BCUT2D eigenvalue weighted by atomic mass is 35.5. The molecule has 0 aliphatic heterocycles. The number of hydrogen-bond donors (Lipinski definition) is 2. The molecule has 1 rings (SSSR count). The monoisotopic (exact) mass is 313 g/mol. The van der Waals surface area contributed by atoms with Gasteiger partial charge in [0, 0.05) is 17.6 Å². The summed E-state index contributed by atoms with van der Waals surface area (Å²) in [7, 11) is 0. The van der Waals surface area contributed by atoms with Crippen LogP contribution < -0.4 is 5.32 Å². The van der Waals surface area contributed by atoms with Crippen molar-refractivity contribution in [3.8, 4) is 0 Å². The van der Waals surface area contributed by atoms with Gasteiger partial charge in [0.05, 0.1) is 5.60 Å². The molecule has 3 nitrogen and oxygen atoms in total. The van der Waals surface area contributed by atoms with Gasteiger partial charge in [-0.25, -0.2) is 0 Å². The van der Waals surface area contributed by atoms with Crippen LogP contribution >= 0.6 is 23.4 Å². The van der Waals surface area contributed by atoms with Gasteiger partial charge >= 0.3 is 0 Å². The molecule has 0 radical (unpaired) electrons. The maximum Gasteiger partial charge on any atom is 0.244 e. The van der Waals surface area contributed by atoms with E-state index in [0.717, 1.165) is 11.3 Å². The summed E-state index contributed by atoms with van der Waals surface area (Å²) in [5.41, 5.74) is -0.0878. The molecule has 1 aromatic rings. The quantitative estimate of drug-likeness (QED) is 0.761. The van der Waals surface area contributed by atoms with E-state index in [9.17, 15) is 9.90 Å². The van der Waals surface area contributed by atoms with Crippen molar-refractivity contribution < 1.29 is 9.90 Å². The van der Waals surface area contributed by atoms with Gasteiger partial charge in [-0.15, -0.1) is 0 Å². The molecule has 0 aromatic heterocycles. The topological polar surface area (TPSA) is 49.3 Å². The van der Waals surface area contributed by atoms with Crippen LogP contribution in [0.2, 0.25) is 5.02 Å². The van der Waals surface area contributed by atoms with Crippen molar-refractivity contribution in [1.29, 1.82) is 0 Å². The molecule has 1 aromatic carbocycles. The highest BCUT2D eigenvalue weighted by molar-refractivity contribution is 7.98. The van der Waals surface area contributed by atoms with Crippen LogP contribution in [0.5, 0.6) is 0 Å². The van der Waals surface area contributed by atoms with Gasteiger partial charge in [0.15, 0.2) is 0 Å². The van der Waals surface area contributed by atoms with Crippen molar-refractivity contribution in [1.82, 2.24) is 5.32 Å². The van der Waals surface area contributed by atoms with Crippen LogP contribution in [0.3, 0.4) is 0 Å². The molecule has 1 unspecified atom stereocenters. The number of benzene rings is 1. The van der Waals surface area contributed by atoms with Crippen LogP contribution in [0.25, 0.3) is 6.08 Å². The van der Waals surface area contributed by atoms with Crippen molar-refractivity contribution in [2.45, 2.75) is 18.9 Å². The van der Waals surface area contributed by atoms with Gasteiger partial charge in [-0.3, -0.25) is 4.79 Å². The third-order valence-electron chi connectivity index (χ3n) is 2.81. The third kappa shape index (κ3) is 6.46. The summed E-state index contributed by atoms with van der Waals surface area (Å²) >= 11 is 7.66. The van der Waals surface area contributed by atoms with Crippen LogP contribution in [0.4, 0.5) is 0 Å². The van der Waals surface area contributed by atoms with E-state index < -0.39 is 5.60 Å². The van der Waals surface area contributed by atoms with Crippen LogP contribution in [0.15, 0.2) is 30.3 Å². The number of rotatable bonds is 7. The average Bonchev–Trinajstić information content (AvgIpc) is 2.42. The van der Waals surface area contributed by atoms with Crippen LogP contribution in [-0.4, -0.2) is 35.2 Å². The molecule has 5 heteroatoms. The molecule has 0 spiro atoms.